The molecule has 1 nitrogen and oxygen atoms in total. The van der Waals surface area contributed by atoms with Crippen LogP contribution in [0.1, 0.15) is 19.4 Å². The van der Waals surface area contributed by atoms with Crippen LogP contribution in [0.4, 0.5) is 0 Å². The molecule has 0 spiro atoms. The molecule has 2 heteroatoms. The monoisotopic (exact) mass is 196 g/mol. The molecule has 0 aliphatic rings. The van der Waals surface area contributed by atoms with Crippen molar-refractivity contribution >= 4 is 22.6 Å². The zero-order valence-electron chi connectivity index (χ0n) is 8.10. The average molecular weight is 197 g/mol. The second kappa shape index (κ2) is 4.33. The second-order valence-corrected chi connectivity index (χ2v) is 3.00. The Morgan fingerprint density at radius 2 is 1.92 bits per heavy atom. The van der Waals surface area contributed by atoms with Gasteiger partial charge in [0, 0.05) is 10.4 Å². The van der Waals surface area contributed by atoms with Gasteiger partial charge in [-0.05, 0) is 30.7 Å². The summed E-state index contributed by atoms with van der Waals surface area (Å²) < 4.78 is 5.25. The van der Waals surface area contributed by atoms with Crippen molar-refractivity contribution in [3.63, 3.8) is 0 Å². The smallest absolute Gasteiger partial charge is 0.136 e. The summed E-state index contributed by atoms with van der Waals surface area (Å²) in [7, 11) is 0. The summed E-state index contributed by atoms with van der Waals surface area (Å²) in [6, 6.07) is 5.70. The van der Waals surface area contributed by atoms with E-state index < -0.39 is 0 Å². The lowest BCUT2D eigenvalue weighted by molar-refractivity contribution is 0.613. The van der Waals surface area contributed by atoms with E-state index in [1.54, 1.807) is 6.26 Å². The van der Waals surface area contributed by atoms with E-state index >= 15 is 0 Å². The van der Waals surface area contributed by atoms with Gasteiger partial charge in [0.25, 0.3) is 0 Å². The second-order valence-electron chi connectivity index (χ2n) is 2.56. The molecule has 0 saturated heterocycles. The maximum Gasteiger partial charge on any atom is 0.136 e. The zero-order chi connectivity index (χ0) is 9.84. The minimum absolute atomic E-state index is 0.761. The minimum Gasteiger partial charge on any atom is -0.464 e. The molecule has 0 aliphatic carbocycles. The van der Waals surface area contributed by atoms with Gasteiger partial charge in [-0.3, -0.25) is 0 Å². The lowest BCUT2D eigenvalue weighted by atomic mass is 10.2. The van der Waals surface area contributed by atoms with Crippen molar-refractivity contribution in [2.24, 2.45) is 0 Å². The normalized spacial score (nSPS) is 9.54. The van der Waals surface area contributed by atoms with Gasteiger partial charge in [-0.25, -0.2) is 0 Å². The molecule has 0 amide bonds. The van der Waals surface area contributed by atoms with Gasteiger partial charge >= 0.3 is 0 Å². The van der Waals surface area contributed by atoms with Crippen LogP contribution >= 0.6 is 11.6 Å². The van der Waals surface area contributed by atoms with Crippen LogP contribution in [0.3, 0.4) is 0 Å². The predicted octanol–water partition coefficient (Wildman–Crippen LogP) is 4.42. The number of furan rings is 1. The van der Waals surface area contributed by atoms with Gasteiger partial charge in [0.15, 0.2) is 0 Å². The molecule has 1 heterocycles. The van der Waals surface area contributed by atoms with Crippen LogP contribution in [0.15, 0.2) is 28.9 Å². The van der Waals surface area contributed by atoms with Gasteiger partial charge in [-0.2, -0.15) is 0 Å². The van der Waals surface area contributed by atoms with Crippen molar-refractivity contribution in [2.75, 3.05) is 0 Å². The predicted molar refractivity (Wildman–Crippen MR) is 57.3 cm³/mol. The third-order valence-corrected chi connectivity index (χ3v) is 1.92. The van der Waals surface area contributed by atoms with Crippen molar-refractivity contribution in [3.05, 3.63) is 35.0 Å². The Morgan fingerprint density at radius 1 is 1.23 bits per heavy atom. The molecule has 0 N–H and O–H groups in total. The van der Waals surface area contributed by atoms with Crippen molar-refractivity contribution in [1.29, 1.82) is 0 Å². The fraction of sp³-hybridized carbons (Fsp3) is 0.273. The summed E-state index contributed by atoms with van der Waals surface area (Å²) >= 11 is 5.84. The van der Waals surface area contributed by atoms with E-state index in [-0.39, 0.29) is 0 Å². The van der Waals surface area contributed by atoms with Crippen molar-refractivity contribution in [1.82, 2.24) is 0 Å². The van der Waals surface area contributed by atoms with Gasteiger partial charge in [0.2, 0.25) is 0 Å². The third kappa shape index (κ3) is 2.04. The fourth-order valence-electron chi connectivity index (χ4n) is 1.22. The Hall–Kier alpha value is -0.950. The molecule has 1 aromatic heterocycles. The first-order valence-corrected chi connectivity index (χ1v) is 4.78. The van der Waals surface area contributed by atoms with Crippen LogP contribution in [-0.4, -0.2) is 0 Å². The number of benzene rings is 1. The van der Waals surface area contributed by atoms with Crippen LogP contribution in [0.5, 0.6) is 0 Å². The molecule has 2 rings (SSSR count). The summed E-state index contributed by atoms with van der Waals surface area (Å²) in [6.07, 6.45) is 1.67. The molecule has 0 unspecified atom stereocenters. The van der Waals surface area contributed by atoms with Crippen LogP contribution in [0.2, 0.25) is 5.02 Å². The first kappa shape index (κ1) is 10.1. The average Bonchev–Trinajstić information content (AvgIpc) is 2.55. The number of fused-ring (bicyclic) bond motifs is 1. The fourth-order valence-corrected chi connectivity index (χ4v) is 1.50. The molecular weight excluding hydrogens is 184 g/mol. The molecule has 1 aromatic carbocycles. The topological polar surface area (TPSA) is 13.1 Å². The molecule has 0 fully saturated rings. The molecular formula is C11H13ClO. The Labute approximate surface area is 83.3 Å². The van der Waals surface area contributed by atoms with E-state index in [1.807, 2.05) is 39.0 Å². The third-order valence-electron chi connectivity index (χ3n) is 1.70. The van der Waals surface area contributed by atoms with Crippen LogP contribution in [0, 0.1) is 6.92 Å². The Bertz CT molecular complexity index is 390. The van der Waals surface area contributed by atoms with Gasteiger partial charge in [-0.1, -0.05) is 25.4 Å². The molecule has 0 bridgehead atoms. The van der Waals surface area contributed by atoms with E-state index in [0.717, 1.165) is 21.6 Å². The van der Waals surface area contributed by atoms with Crippen molar-refractivity contribution < 1.29 is 4.42 Å². The molecule has 2 aromatic rings. The lowest BCUT2D eigenvalue weighted by Crippen LogP contribution is -1.72. The van der Waals surface area contributed by atoms with E-state index in [4.69, 9.17) is 16.0 Å². The van der Waals surface area contributed by atoms with E-state index in [0.29, 0.717) is 0 Å². The van der Waals surface area contributed by atoms with Crippen molar-refractivity contribution in [3.8, 4) is 0 Å². The Kier molecular flexibility index (Phi) is 3.38. The lowest BCUT2D eigenvalue weighted by Gasteiger charge is -1.94. The summed E-state index contributed by atoms with van der Waals surface area (Å²) in [5, 5.41) is 1.83. The van der Waals surface area contributed by atoms with E-state index in [9.17, 15) is 0 Å². The highest BCUT2D eigenvalue weighted by Crippen LogP contribution is 2.23. The van der Waals surface area contributed by atoms with E-state index in [2.05, 4.69) is 0 Å². The zero-order valence-corrected chi connectivity index (χ0v) is 8.85. The number of aryl methyl sites for hydroxylation is 1. The van der Waals surface area contributed by atoms with Crippen LogP contribution in [-0.2, 0) is 0 Å². The maximum atomic E-state index is 5.84. The molecule has 0 atom stereocenters. The molecule has 13 heavy (non-hydrogen) atoms. The highest BCUT2D eigenvalue weighted by atomic mass is 35.5. The summed E-state index contributed by atoms with van der Waals surface area (Å²) in [4.78, 5) is 0. The first-order valence-electron chi connectivity index (χ1n) is 4.41. The number of rotatable bonds is 0. The molecule has 0 radical (unpaired) electrons. The minimum atomic E-state index is 0.761. The largest absolute Gasteiger partial charge is 0.464 e. The molecule has 0 saturated carbocycles. The summed E-state index contributed by atoms with van der Waals surface area (Å²) in [5.41, 5.74) is 2.01. The van der Waals surface area contributed by atoms with Gasteiger partial charge in [0.1, 0.15) is 5.58 Å². The van der Waals surface area contributed by atoms with E-state index in [1.165, 1.54) is 0 Å². The highest BCUT2D eigenvalue weighted by Gasteiger charge is 2.00. The summed E-state index contributed by atoms with van der Waals surface area (Å²) in [5.74, 6) is 0. The quantitative estimate of drug-likeness (QED) is 0.608. The van der Waals surface area contributed by atoms with Crippen LogP contribution < -0.4 is 0 Å². The standard InChI is InChI=1S/C9H7ClO.C2H6/c1-6-4-8(10)5-7-2-3-11-9(6)7;1-2/h2-5H,1H3;1-2H3. The SMILES string of the molecule is CC.Cc1cc(Cl)cc2ccoc12. The Balaban J connectivity index is 0.000000396. The maximum absolute atomic E-state index is 5.84. The number of hydrogen-bond donors (Lipinski definition) is 0. The van der Waals surface area contributed by atoms with Crippen molar-refractivity contribution in [2.45, 2.75) is 20.8 Å². The molecule has 70 valence electrons. The number of halogens is 1. The number of hydrogen-bond acceptors (Lipinski definition) is 1. The van der Waals surface area contributed by atoms with Gasteiger partial charge in [-0.15, -0.1) is 0 Å². The summed E-state index contributed by atoms with van der Waals surface area (Å²) in [6.45, 7) is 5.98. The highest BCUT2D eigenvalue weighted by molar-refractivity contribution is 6.31. The van der Waals surface area contributed by atoms with Gasteiger partial charge in [0.05, 0.1) is 6.26 Å². The van der Waals surface area contributed by atoms with Gasteiger partial charge < -0.3 is 4.42 Å². The van der Waals surface area contributed by atoms with Crippen LogP contribution in [0.25, 0.3) is 11.0 Å². The Morgan fingerprint density at radius 3 is 2.62 bits per heavy atom. The molecule has 0 aliphatic heterocycles. The first-order chi connectivity index (χ1) is 6.27.